The zero-order valence-electron chi connectivity index (χ0n) is 10.0. The van der Waals surface area contributed by atoms with Crippen molar-refractivity contribution in [2.75, 3.05) is 12.9 Å². The van der Waals surface area contributed by atoms with Crippen molar-refractivity contribution in [3.8, 4) is 0 Å². The molecule has 0 radical (unpaired) electrons. The molecular weight excluding hydrogens is 242 g/mol. The molecule has 17 heavy (non-hydrogen) atoms. The number of nitrogens with zero attached hydrogens (tertiary/aromatic N) is 2. The molecule has 0 spiro atoms. The van der Waals surface area contributed by atoms with Crippen LogP contribution in [0, 0.1) is 0 Å². The predicted molar refractivity (Wildman–Crippen MR) is 64.4 cm³/mol. The SMILES string of the molecule is CCc1nc(CSCCC(N)C(=O)OC)no1. The highest BCUT2D eigenvalue weighted by atomic mass is 32.2. The van der Waals surface area contributed by atoms with Crippen molar-refractivity contribution in [2.45, 2.75) is 31.6 Å². The van der Waals surface area contributed by atoms with E-state index in [4.69, 9.17) is 10.3 Å². The van der Waals surface area contributed by atoms with E-state index < -0.39 is 6.04 Å². The molecule has 0 aromatic carbocycles. The predicted octanol–water partition coefficient (Wildman–Crippen LogP) is 0.756. The quantitative estimate of drug-likeness (QED) is 0.570. The molecule has 1 unspecified atom stereocenters. The van der Waals surface area contributed by atoms with Gasteiger partial charge in [0.05, 0.1) is 12.9 Å². The van der Waals surface area contributed by atoms with Gasteiger partial charge in [0.25, 0.3) is 0 Å². The lowest BCUT2D eigenvalue weighted by Crippen LogP contribution is -2.31. The zero-order chi connectivity index (χ0) is 12.7. The molecular formula is C10H17N3O3S. The molecule has 0 saturated carbocycles. The number of nitrogens with two attached hydrogens (primary N) is 1. The number of thioether (sulfide) groups is 1. The molecule has 1 aromatic heterocycles. The maximum Gasteiger partial charge on any atom is 0.322 e. The Morgan fingerprint density at radius 1 is 1.65 bits per heavy atom. The van der Waals surface area contributed by atoms with Crippen LogP contribution >= 0.6 is 11.8 Å². The van der Waals surface area contributed by atoms with Gasteiger partial charge in [-0.3, -0.25) is 4.79 Å². The number of carbonyl (C=O) groups is 1. The van der Waals surface area contributed by atoms with E-state index in [0.717, 1.165) is 12.2 Å². The van der Waals surface area contributed by atoms with Crippen LogP contribution in [0.4, 0.5) is 0 Å². The molecule has 1 rings (SSSR count). The summed E-state index contributed by atoms with van der Waals surface area (Å²) in [7, 11) is 1.33. The Bertz CT molecular complexity index is 356. The molecule has 2 N–H and O–H groups in total. The largest absolute Gasteiger partial charge is 0.468 e. The van der Waals surface area contributed by atoms with Gasteiger partial charge in [-0.05, 0) is 12.2 Å². The van der Waals surface area contributed by atoms with Gasteiger partial charge in [-0.15, -0.1) is 0 Å². The van der Waals surface area contributed by atoms with Crippen LogP contribution in [-0.4, -0.2) is 35.0 Å². The summed E-state index contributed by atoms with van der Waals surface area (Å²) in [6.45, 7) is 1.96. The number of aryl methyl sites for hydroxylation is 1. The van der Waals surface area contributed by atoms with Gasteiger partial charge < -0.3 is 15.0 Å². The maximum absolute atomic E-state index is 11.0. The Hall–Kier alpha value is -1.08. The van der Waals surface area contributed by atoms with E-state index in [1.165, 1.54) is 7.11 Å². The molecule has 0 fully saturated rings. The Balaban J connectivity index is 2.17. The number of aromatic nitrogens is 2. The lowest BCUT2D eigenvalue weighted by molar-refractivity contribution is -0.142. The van der Waals surface area contributed by atoms with Crippen LogP contribution in [0.3, 0.4) is 0 Å². The van der Waals surface area contributed by atoms with Crippen LogP contribution in [0.2, 0.25) is 0 Å². The van der Waals surface area contributed by atoms with Gasteiger partial charge in [-0.2, -0.15) is 16.7 Å². The van der Waals surface area contributed by atoms with Crippen molar-refractivity contribution in [2.24, 2.45) is 5.73 Å². The summed E-state index contributed by atoms with van der Waals surface area (Å²) in [5.41, 5.74) is 5.60. The van der Waals surface area contributed by atoms with Gasteiger partial charge in [0.2, 0.25) is 5.89 Å². The number of hydrogen-bond donors (Lipinski definition) is 1. The zero-order valence-corrected chi connectivity index (χ0v) is 10.8. The van der Waals surface area contributed by atoms with Crippen molar-refractivity contribution in [3.05, 3.63) is 11.7 Å². The lowest BCUT2D eigenvalue weighted by atomic mass is 10.2. The highest BCUT2D eigenvalue weighted by Crippen LogP contribution is 2.11. The Labute approximate surface area is 104 Å². The standard InChI is InChI=1S/C10H17N3O3S/c1-3-9-12-8(13-16-9)6-17-5-4-7(11)10(14)15-2/h7H,3-6,11H2,1-2H3. The molecule has 7 heteroatoms. The van der Waals surface area contributed by atoms with Crippen molar-refractivity contribution < 1.29 is 14.1 Å². The molecule has 0 saturated heterocycles. The molecule has 0 amide bonds. The highest BCUT2D eigenvalue weighted by molar-refractivity contribution is 7.98. The first-order valence-corrected chi connectivity index (χ1v) is 6.55. The molecule has 0 aliphatic carbocycles. The fourth-order valence-corrected chi connectivity index (χ4v) is 2.00. The van der Waals surface area contributed by atoms with Crippen LogP contribution in [-0.2, 0) is 21.7 Å². The van der Waals surface area contributed by atoms with Crippen LogP contribution in [0.25, 0.3) is 0 Å². The van der Waals surface area contributed by atoms with Crippen molar-refractivity contribution >= 4 is 17.7 Å². The topological polar surface area (TPSA) is 91.2 Å². The van der Waals surface area contributed by atoms with E-state index in [1.807, 2.05) is 6.92 Å². The molecule has 0 bridgehead atoms. The molecule has 1 aromatic rings. The number of ether oxygens (including phenoxy) is 1. The summed E-state index contributed by atoms with van der Waals surface area (Å²) in [4.78, 5) is 15.2. The van der Waals surface area contributed by atoms with Gasteiger partial charge >= 0.3 is 5.97 Å². The van der Waals surface area contributed by atoms with Gasteiger partial charge in [0.15, 0.2) is 5.82 Å². The minimum Gasteiger partial charge on any atom is -0.468 e. The molecule has 6 nitrogen and oxygen atoms in total. The summed E-state index contributed by atoms with van der Waals surface area (Å²) in [6.07, 6.45) is 1.32. The summed E-state index contributed by atoms with van der Waals surface area (Å²) >= 11 is 1.61. The van der Waals surface area contributed by atoms with Gasteiger partial charge in [0.1, 0.15) is 6.04 Å². The molecule has 0 aliphatic heterocycles. The molecule has 1 heterocycles. The van der Waals surface area contributed by atoms with E-state index >= 15 is 0 Å². The Morgan fingerprint density at radius 3 is 3.00 bits per heavy atom. The first kappa shape index (κ1) is 14.0. The van der Waals surface area contributed by atoms with Gasteiger partial charge in [0, 0.05) is 6.42 Å². The number of hydrogen-bond acceptors (Lipinski definition) is 7. The van der Waals surface area contributed by atoms with E-state index in [2.05, 4.69) is 14.9 Å². The lowest BCUT2D eigenvalue weighted by Gasteiger charge is -2.07. The van der Waals surface area contributed by atoms with Crippen LogP contribution in [0.15, 0.2) is 4.52 Å². The number of rotatable bonds is 7. The van der Waals surface area contributed by atoms with Crippen LogP contribution < -0.4 is 5.73 Å². The molecule has 1 atom stereocenters. The van der Waals surface area contributed by atoms with E-state index in [0.29, 0.717) is 23.9 Å². The van der Waals surface area contributed by atoms with Crippen LogP contribution in [0.1, 0.15) is 25.1 Å². The third-order valence-corrected chi connectivity index (χ3v) is 3.11. The van der Waals surface area contributed by atoms with E-state index in [9.17, 15) is 4.79 Å². The average molecular weight is 259 g/mol. The average Bonchev–Trinajstić information content (AvgIpc) is 2.81. The minimum atomic E-state index is -0.552. The fraction of sp³-hybridized carbons (Fsp3) is 0.700. The van der Waals surface area contributed by atoms with Gasteiger partial charge in [-0.25, -0.2) is 0 Å². The molecule has 0 aliphatic rings. The minimum absolute atomic E-state index is 0.376. The second-order valence-corrected chi connectivity index (χ2v) is 4.53. The second-order valence-electron chi connectivity index (χ2n) is 3.43. The Morgan fingerprint density at radius 2 is 2.41 bits per heavy atom. The van der Waals surface area contributed by atoms with Crippen LogP contribution in [0.5, 0.6) is 0 Å². The normalized spacial score (nSPS) is 12.4. The highest BCUT2D eigenvalue weighted by Gasteiger charge is 2.13. The Kier molecular flexibility index (Phi) is 5.99. The first-order chi connectivity index (χ1) is 8.17. The summed E-state index contributed by atoms with van der Waals surface area (Å²) in [5.74, 6) is 2.37. The third kappa shape index (κ3) is 4.74. The van der Waals surface area contributed by atoms with Crippen molar-refractivity contribution in [1.29, 1.82) is 0 Å². The van der Waals surface area contributed by atoms with Crippen molar-refractivity contribution in [3.63, 3.8) is 0 Å². The smallest absolute Gasteiger partial charge is 0.322 e. The monoisotopic (exact) mass is 259 g/mol. The van der Waals surface area contributed by atoms with E-state index in [1.54, 1.807) is 11.8 Å². The summed E-state index contributed by atoms with van der Waals surface area (Å²) in [5, 5.41) is 3.83. The number of carbonyl (C=O) groups excluding carboxylic acids is 1. The summed E-state index contributed by atoms with van der Waals surface area (Å²) in [6, 6.07) is -0.552. The van der Waals surface area contributed by atoms with Gasteiger partial charge in [-0.1, -0.05) is 12.1 Å². The third-order valence-electron chi connectivity index (χ3n) is 2.12. The maximum atomic E-state index is 11.0. The molecule has 96 valence electrons. The summed E-state index contributed by atoms with van der Waals surface area (Å²) < 4.78 is 9.51. The van der Waals surface area contributed by atoms with Crippen molar-refractivity contribution in [1.82, 2.24) is 10.1 Å². The fourth-order valence-electron chi connectivity index (χ4n) is 1.14. The first-order valence-electron chi connectivity index (χ1n) is 5.40. The second kappa shape index (κ2) is 7.29. The van der Waals surface area contributed by atoms with E-state index in [-0.39, 0.29) is 5.97 Å². The number of esters is 1. The number of methoxy groups -OCH3 is 1.